The van der Waals surface area contributed by atoms with Gasteiger partial charge in [0.2, 0.25) is 0 Å². The number of aryl methyl sites for hydroxylation is 1. The Hall–Kier alpha value is -1.94. The molecule has 2 aromatic rings. The summed E-state index contributed by atoms with van der Waals surface area (Å²) in [5, 5.41) is 0. The summed E-state index contributed by atoms with van der Waals surface area (Å²) >= 11 is 0. The molecular weight excluding hydrogens is 214 g/mol. The number of nitrogens with zero attached hydrogens (tertiary/aromatic N) is 2. The van der Waals surface area contributed by atoms with Gasteiger partial charge in [-0.25, -0.2) is 0 Å². The predicted molar refractivity (Wildman–Crippen MR) is 65.8 cm³/mol. The van der Waals surface area contributed by atoms with Gasteiger partial charge in [0.05, 0.1) is 19.3 Å². The lowest BCUT2D eigenvalue weighted by Gasteiger charge is -2.13. The Morgan fingerprint density at radius 2 is 1.71 bits per heavy atom. The molecule has 0 spiro atoms. The number of nitrogens with two attached hydrogens (primary N) is 1. The van der Waals surface area contributed by atoms with Crippen molar-refractivity contribution >= 4 is 0 Å². The van der Waals surface area contributed by atoms with Gasteiger partial charge in [-0.05, 0) is 29.7 Å². The maximum atomic E-state index is 6.17. The highest BCUT2D eigenvalue weighted by Gasteiger charge is 2.10. The lowest BCUT2D eigenvalue weighted by molar-refractivity contribution is 0.412. The second-order valence-electron chi connectivity index (χ2n) is 3.93. The van der Waals surface area contributed by atoms with E-state index in [1.807, 2.05) is 19.1 Å². The molecule has 0 radical (unpaired) electrons. The van der Waals surface area contributed by atoms with Crippen LogP contribution in [-0.4, -0.2) is 17.1 Å². The number of hydrogen-bond acceptors (Lipinski definition) is 4. The Morgan fingerprint density at radius 1 is 1.06 bits per heavy atom. The van der Waals surface area contributed by atoms with E-state index in [0.717, 1.165) is 16.7 Å². The molecule has 0 aliphatic heterocycles. The first kappa shape index (κ1) is 11.5. The molecule has 0 aliphatic rings. The highest BCUT2D eigenvalue weighted by molar-refractivity contribution is 5.33. The van der Waals surface area contributed by atoms with Crippen LogP contribution in [0.25, 0.3) is 0 Å². The molecule has 0 saturated carbocycles. The predicted octanol–water partition coefficient (Wildman–Crippen LogP) is 1.84. The minimum Gasteiger partial charge on any atom is -0.495 e. The number of hydrogen-bond donors (Lipinski definition) is 1. The van der Waals surface area contributed by atoms with Crippen LogP contribution in [0.2, 0.25) is 0 Å². The van der Waals surface area contributed by atoms with E-state index in [2.05, 4.69) is 9.97 Å². The fourth-order valence-electron chi connectivity index (χ4n) is 1.66. The van der Waals surface area contributed by atoms with E-state index in [-0.39, 0.29) is 6.04 Å². The molecule has 4 heteroatoms. The fourth-order valence-corrected chi connectivity index (χ4v) is 1.66. The molecule has 1 unspecified atom stereocenters. The zero-order valence-corrected chi connectivity index (χ0v) is 9.92. The molecule has 0 amide bonds. The van der Waals surface area contributed by atoms with Crippen LogP contribution in [0.15, 0.2) is 36.9 Å². The summed E-state index contributed by atoms with van der Waals surface area (Å²) in [6.07, 6.45) is 6.98. The van der Waals surface area contributed by atoms with Crippen molar-refractivity contribution < 1.29 is 4.74 Å². The minimum absolute atomic E-state index is 0.231. The van der Waals surface area contributed by atoms with Gasteiger partial charge in [0.1, 0.15) is 5.75 Å². The third-order valence-electron chi connectivity index (χ3n) is 2.58. The molecule has 2 aromatic heterocycles. The Labute approximate surface area is 100 Å². The van der Waals surface area contributed by atoms with Gasteiger partial charge in [0, 0.05) is 18.6 Å². The first-order valence-electron chi connectivity index (χ1n) is 5.37. The lowest BCUT2D eigenvalue weighted by Crippen LogP contribution is -2.12. The third-order valence-corrected chi connectivity index (χ3v) is 2.58. The quantitative estimate of drug-likeness (QED) is 0.872. The van der Waals surface area contributed by atoms with Crippen LogP contribution in [-0.2, 0) is 0 Å². The van der Waals surface area contributed by atoms with Crippen molar-refractivity contribution in [2.75, 3.05) is 7.11 Å². The second-order valence-corrected chi connectivity index (χ2v) is 3.93. The van der Waals surface area contributed by atoms with Crippen molar-refractivity contribution in [3.63, 3.8) is 0 Å². The number of rotatable bonds is 3. The van der Waals surface area contributed by atoms with E-state index >= 15 is 0 Å². The summed E-state index contributed by atoms with van der Waals surface area (Å²) in [4.78, 5) is 8.24. The molecule has 0 bridgehead atoms. The van der Waals surface area contributed by atoms with Crippen molar-refractivity contribution in [3.8, 4) is 5.75 Å². The highest BCUT2D eigenvalue weighted by Crippen LogP contribution is 2.21. The van der Waals surface area contributed by atoms with Crippen LogP contribution in [0.4, 0.5) is 0 Å². The molecular formula is C13H15N3O. The van der Waals surface area contributed by atoms with E-state index < -0.39 is 0 Å². The zero-order chi connectivity index (χ0) is 12.3. The van der Waals surface area contributed by atoms with Crippen LogP contribution in [0.5, 0.6) is 5.75 Å². The van der Waals surface area contributed by atoms with E-state index in [1.54, 1.807) is 31.9 Å². The monoisotopic (exact) mass is 229 g/mol. The highest BCUT2D eigenvalue weighted by atomic mass is 16.5. The number of aromatic nitrogens is 2. The molecule has 4 nitrogen and oxygen atoms in total. The van der Waals surface area contributed by atoms with Crippen LogP contribution in [0.3, 0.4) is 0 Å². The average Bonchev–Trinajstić information content (AvgIpc) is 2.38. The first-order valence-corrected chi connectivity index (χ1v) is 5.37. The van der Waals surface area contributed by atoms with Gasteiger partial charge in [0.15, 0.2) is 0 Å². The maximum Gasteiger partial charge on any atom is 0.137 e. The van der Waals surface area contributed by atoms with Crippen LogP contribution < -0.4 is 10.5 Å². The molecule has 17 heavy (non-hydrogen) atoms. The molecule has 2 N–H and O–H groups in total. The minimum atomic E-state index is -0.231. The molecule has 2 rings (SSSR count). The van der Waals surface area contributed by atoms with Gasteiger partial charge in [-0.15, -0.1) is 0 Å². The Morgan fingerprint density at radius 3 is 2.35 bits per heavy atom. The van der Waals surface area contributed by atoms with Gasteiger partial charge in [0.25, 0.3) is 0 Å². The van der Waals surface area contributed by atoms with Gasteiger partial charge in [-0.3, -0.25) is 9.97 Å². The Bertz CT molecular complexity index is 514. The maximum absolute atomic E-state index is 6.17. The first-order chi connectivity index (χ1) is 8.20. The summed E-state index contributed by atoms with van der Waals surface area (Å²) in [5.41, 5.74) is 9.15. The van der Waals surface area contributed by atoms with Crippen molar-refractivity contribution in [2.24, 2.45) is 5.73 Å². The van der Waals surface area contributed by atoms with Gasteiger partial charge >= 0.3 is 0 Å². The van der Waals surface area contributed by atoms with Gasteiger partial charge < -0.3 is 10.5 Å². The van der Waals surface area contributed by atoms with E-state index in [1.165, 1.54) is 0 Å². The Kier molecular flexibility index (Phi) is 3.35. The fraction of sp³-hybridized carbons (Fsp3) is 0.231. The smallest absolute Gasteiger partial charge is 0.137 e. The lowest BCUT2D eigenvalue weighted by atomic mass is 10.0. The van der Waals surface area contributed by atoms with Crippen molar-refractivity contribution in [1.29, 1.82) is 0 Å². The van der Waals surface area contributed by atoms with Crippen molar-refractivity contribution in [3.05, 3.63) is 53.6 Å². The largest absolute Gasteiger partial charge is 0.495 e. The molecule has 0 aliphatic carbocycles. The summed E-state index contributed by atoms with van der Waals surface area (Å²) in [6, 6.07) is 3.68. The molecule has 0 aromatic carbocycles. The summed E-state index contributed by atoms with van der Waals surface area (Å²) in [7, 11) is 1.61. The summed E-state index contributed by atoms with van der Waals surface area (Å²) in [5.74, 6) is 0.707. The van der Waals surface area contributed by atoms with Crippen molar-refractivity contribution in [2.45, 2.75) is 13.0 Å². The third kappa shape index (κ3) is 2.60. The number of methoxy groups -OCH3 is 1. The zero-order valence-electron chi connectivity index (χ0n) is 9.92. The topological polar surface area (TPSA) is 61.0 Å². The number of pyridine rings is 2. The van der Waals surface area contributed by atoms with Gasteiger partial charge in [-0.1, -0.05) is 6.07 Å². The van der Waals surface area contributed by atoms with E-state index in [0.29, 0.717) is 5.75 Å². The molecule has 0 fully saturated rings. The van der Waals surface area contributed by atoms with E-state index in [9.17, 15) is 0 Å². The SMILES string of the molecule is COc1cncc(C(N)c2cncc(C)c2)c1. The average molecular weight is 229 g/mol. The second kappa shape index (κ2) is 4.93. The molecule has 0 saturated heterocycles. The normalized spacial score (nSPS) is 12.2. The van der Waals surface area contributed by atoms with Crippen LogP contribution in [0.1, 0.15) is 22.7 Å². The van der Waals surface area contributed by atoms with Crippen molar-refractivity contribution in [1.82, 2.24) is 9.97 Å². The molecule has 1 atom stereocenters. The molecule has 88 valence electrons. The van der Waals surface area contributed by atoms with E-state index in [4.69, 9.17) is 10.5 Å². The summed E-state index contributed by atoms with van der Waals surface area (Å²) in [6.45, 7) is 1.99. The van der Waals surface area contributed by atoms with Crippen LogP contribution in [0, 0.1) is 6.92 Å². The molecule has 2 heterocycles. The standard InChI is InChI=1S/C13H15N3O/c1-9-3-10(6-15-5-9)13(14)11-4-12(17-2)8-16-7-11/h3-8,13H,14H2,1-2H3. The number of ether oxygens (including phenoxy) is 1. The van der Waals surface area contributed by atoms with Crippen LogP contribution >= 0.6 is 0 Å². The Balaban J connectivity index is 2.33. The van der Waals surface area contributed by atoms with Gasteiger partial charge in [-0.2, -0.15) is 0 Å². The summed E-state index contributed by atoms with van der Waals surface area (Å²) < 4.78 is 5.13.